The van der Waals surface area contributed by atoms with Crippen LogP contribution in [0, 0.1) is 0 Å². The van der Waals surface area contributed by atoms with Crippen molar-refractivity contribution in [3.63, 3.8) is 0 Å². The molecule has 0 saturated carbocycles. The van der Waals surface area contributed by atoms with Gasteiger partial charge in [-0.15, -0.1) is 0 Å². The first-order valence-electron chi connectivity index (χ1n) is 6.80. The normalized spacial score (nSPS) is 23.8. The predicted molar refractivity (Wildman–Crippen MR) is 72.6 cm³/mol. The number of rotatable bonds is 3. The fourth-order valence-corrected chi connectivity index (χ4v) is 1.69. The van der Waals surface area contributed by atoms with E-state index in [9.17, 15) is 19.8 Å². The average Bonchev–Trinajstić information content (AvgIpc) is 2.57. The molecule has 1 heterocycles. The van der Waals surface area contributed by atoms with Crippen LogP contribution >= 0.6 is 0 Å². The molecule has 8 heteroatoms. The number of hydrogen-bond donors (Lipinski definition) is 3. The smallest absolute Gasteiger partial charge is 0.408 e. The van der Waals surface area contributed by atoms with Crippen molar-refractivity contribution >= 4 is 12.1 Å². The van der Waals surface area contributed by atoms with Crippen molar-refractivity contribution < 1.29 is 29.4 Å². The number of alkyl carbamates (subject to hydrolysis) is 1. The maximum atomic E-state index is 12.1. The minimum absolute atomic E-state index is 0.300. The maximum absolute atomic E-state index is 12.1. The zero-order chi connectivity index (χ0) is 16.4. The van der Waals surface area contributed by atoms with Gasteiger partial charge in [0.25, 0.3) is 0 Å². The number of carbonyl (C=O) groups is 2. The number of carbonyl (C=O) groups excluding carboxylic acids is 2. The van der Waals surface area contributed by atoms with E-state index in [1.54, 1.807) is 20.8 Å². The van der Waals surface area contributed by atoms with Crippen LogP contribution in [0.15, 0.2) is 0 Å². The molecule has 21 heavy (non-hydrogen) atoms. The van der Waals surface area contributed by atoms with Crippen LogP contribution < -0.4 is 5.32 Å². The van der Waals surface area contributed by atoms with E-state index in [4.69, 9.17) is 9.57 Å². The van der Waals surface area contributed by atoms with Crippen LogP contribution in [0.1, 0.15) is 47.5 Å². The number of nitrogens with zero attached hydrogens (tertiary/aromatic N) is 1. The zero-order valence-electron chi connectivity index (χ0n) is 13.0. The van der Waals surface area contributed by atoms with E-state index >= 15 is 0 Å². The van der Waals surface area contributed by atoms with Gasteiger partial charge in [0.1, 0.15) is 23.6 Å². The topological polar surface area (TPSA) is 108 Å². The number of nitrogens with one attached hydrogen (secondary N) is 1. The average molecular weight is 304 g/mol. The van der Waals surface area contributed by atoms with Crippen LogP contribution in [0.25, 0.3) is 0 Å². The molecule has 0 aliphatic carbocycles. The lowest BCUT2D eigenvalue weighted by molar-refractivity contribution is -0.265. The molecule has 3 N–H and O–H groups in total. The molecule has 2 unspecified atom stereocenters. The molecule has 1 fully saturated rings. The van der Waals surface area contributed by atoms with Gasteiger partial charge in [-0.25, -0.2) is 9.59 Å². The maximum Gasteiger partial charge on any atom is 0.408 e. The summed E-state index contributed by atoms with van der Waals surface area (Å²) in [6, 6.07) is 0. The number of ether oxygens (including phenoxy) is 1. The number of hydroxylamine groups is 2. The van der Waals surface area contributed by atoms with E-state index in [0.29, 0.717) is 12.8 Å². The molecular weight excluding hydrogens is 280 g/mol. The second-order valence-corrected chi connectivity index (χ2v) is 6.53. The SMILES string of the molecule is CC(C)(C)OC(=O)NC(C)(C)C(=O)ON1C(O)CCC1O. The molecule has 1 rings (SSSR count). The third-order valence-corrected chi connectivity index (χ3v) is 2.78. The molecule has 0 aromatic rings. The van der Waals surface area contributed by atoms with Crippen molar-refractivity contribution in [2.75, 3.05) is 0 Å². The predicted octanol–water partition coefficient (Wildman–Crippen LogP) is 0.480. The molecule has 0 bridgehead atoms. The zero-order valence-corrected chi connectivity index (χ0v) is 13.0. The molecule has 0 aromatic heterocycles. The fraction of sp³-hybridized carbons (Fsp3) is 0.846. The third kappa shape index (κ3) is 5.14. The molecule has 0 aromatic carbocycles. The summed E-state index contributed by atoms with van der Waals surface area (Å²) in [5.41, 5.74) is -2.06. The Balaban J connectivity index is 2.61. The van der Waals surface area contributed by atoms with Crippen molar-refractivity contribution in [1.82, 2.24) is 10.4 Å². The van der Waals surface area contributed by atoms with Crippen LogP contribution in [0.4, 0.5) is 4.79 Å². The quantitative estimate of drug-likeness (QED) is 0.696. The summed E-state index contributed by atoms with van der Waals surface area (Å²) >= 11 is 0. The van der Waals surface area contributed by atoms with Crippen molar-refractivity contribution in [2.24, 2.45) is 0 Å². The Morgan fingerprint density at radius 1 is 1.10 bits per heavy atom. The minimum Gasteiger partial charge on any atom is -0.444 e. The van der Waals surface area contributed by atoms with Crippen LogP contribution in [-0.4, -0.2) is 50.9 Å². The van der Waals surface area contributed by atoms with Gasteiger partial charge in [-0.2, -0.15) is 0 Å². The Morgan fingerprint density at radius 3 is 2.00 bits per heavy atom. The van der Waals surface area contributed by atoms with Gasteiger partial charge in [0, 0.05) is 0 Å². The number of aliphatic hydroxyl groups excluding tert-OH is 2. The summed E-state index contributed by atoms with van der Waals surface area (Å²) in [4.78, 5) is 28.7. The first kappa shape index (κ1) is 17.7. The van der Waals surface area contributed by atoms with E-state index in [2.05, 4.69) is 5.32 Å². The molecule has 1 aliphatic heterocycles. The lowest BCUT2D eigenvalue weighted by Gasteiger charge is -2.30. The lowest BCUT2D eigenvalue weighted by atomic mass is 10.1. The van der Waals surface area contributed by atoms with Crippen molar-refractivity contribution in [2.45, 2.75) is 71.1 Å². The van der Waals surface area contributed by atoms with E-state index in [1.165, 1.54) is 13.8 Å². The third-order valence-electron chi connectivity index (χ3n) is 2.78. The van der Waals surface area contributed by atoms with E-state index in [-0.39, 0.29) is 0 Å². The highest BCUT2D eigenvalue weighted by molar-refractivity contribution is 5.84. The molecular formula is C13H24N2O6. The first-order chi connectivity index (χ1) is 9.42. The van der Waals surface area contributed by atoms with Gasteiger partial charge in [-0.05, 0) is 47.5 Å². The molecule has 1 saturated heterocycles. The fourth-order valence-electron chi connectivity index (χ4n) is 1.69. The van der Waals surface area contributed by atoms with Gasteiger partial charge >= 0.3 is 12.1 Å². The Morgan fingerprint density at radius 2 is 1.57 bits per heavy atom. The molecule has 0 spiro atoms. The molecule has 1 amide bonds. The molecule has 8 nitrogen and oxygen atoms in total. The van der Waals surface area contributed by atoms with E-state index in [1.807, 2.05) is 0 Å². The largest absolute Gasteiger partial charge is 0.444 e. The van der Waals surface area contributed by atoms with E-state index in [0.717, 1.165) is 5.06 Å². The Labute approximate surface area is 124 Å². The van der Waals surface area contributed by atoms with Crippen LogP contribution in [0.2, 0.25) is 0 Å². The van der Waals surface area contributed by atoms with Crippen LogP contribution in [0.3, 0.4) is 0 Å². The van der Waals surface area contributed by atoms with Crippen molar-refractivity contribution in [1.29, 1.82) is 0 Å². The monoisotopic (exact) mass is 304 g/mol. The summed E-state index contributed by atoms with van der Waals surface area (Å²) in [5.74, 6) is -0.812. The second-order valence-electron chi connectivity index (χ2n) is 6.53. The Bertz CT molecular complexity index is 394. The Kier molecular flexibility index (Phi) is 5.19. The number of aliphatic hydroxyl groups is 2. The number of amides is 1. The molecule has 1 aliphatic rings. The second kappa shape index (κ2) is 6.17. The van der Waals surface area contributed by atoms with Crippen LogP contribution in [-0.2, 0) is 14.4 Å². The molecule has 2 atom stereocenters. The van der Waals surface area contributed by atoms with Crippen molar-refractivity contribution in [3.8, 4) is 0 Å². The standard InChI is InChI=1S/C13H24N2O6/c1-12(2,3)20-11(19)14-13(4,5)10(18)21-15-8(16)6-7-9(15)17/h8-9,16-17H,6-7H2,1-5H3,(H,14,19). The van der Waals surface area contributed by atoms with Gasteiger partial charge in [0.15, 0.2) is 0 Å². The van der Waals surface area contributed by atoms with Gasteiger partial charge in [-0.1, -0.05) is 5.06 Å². The van der Waals surface area contributed by atoms with E-state index < -0.39 is 35.7 Å². The summed E-state index contributed by atoms with van der Waals surface area (Å²) < 4.78 is 5.07. The van der Waals surface area contributed by atoms with Gasteiger partial charge < -0.3 is 25.1 Å². The highest BCUT2D eigenvalue weighted by Gasteiger charge is 2.40. The van der Waals surface area contributed by atoms with Gasteiger partial charge in [-0.3, -0.25) is 0 Å². The molecule has 122 valence electrons. The Hall–Kier alpha value is -1.38. The molecule has 0 radical (unpaired) electrons. The van der Waals surface area contributed by atoms with Gasteiger partial charge in [0.2, 0.25) is 0 Å². The first-order valence-corrected chi connectivity index (χ1v) is 6.80. The summed E-state index contributed by atoms with van der Waals surface area (Å²) in [7, 11) is 0. The highest BCUT2D eigenvalue weighted by atomic mass is 16.7. The number of hydrogen-bond acceptors (Lipinski definition) is 7. The van der Waals surface area contributed by atoms with Gasteiger partial charge in [0.05, 0.1) is 0 Å². The summed E-state index contributed by atoms with van der Waals surface area (Å²) in [6.45, 7) is 7.99. The minimum atomic E-state index is -1.37. The van der Waals surface area contributed by atoms with Crippen molar-refractivity contribution in [3.05, 3.63) is 0 Å². The highest BCUT2D eigenvalue weighted by Crippen LogP contribution is 2.22. The van der Waals surface area contributed by atoms with Crippen LogP contribution in [0.5, 0.6) is 0 Å². The summed E-state index contributed by atoms with van der Waals surface area (Å²) in [6.07, 6.45) is -2.27. The summed E-state index contributed by atoms with van der Waals surface area (Å²) in [5, 5.41) is 22.4. The lowest BCUT2D eigenvalue weighted by Crippen LogP contribution is -2.54.